The lowest BCUT2D eigenvalue weighted by atomic mass is 9.98. The van der Waals surface area contributed by atoms with Gasteiger partial charge in [-0.25, -0.2) is 4.98 Å². The Morgan fingerprint density at radius 2 is 1.54 bits per heavy atom. The first-order valence-electron chi connectivity index (χ1n) is 7.89. The zero-order chi connectivity index (χ0) is 16.4. The average Bonchev–Trinajstić information content (AvgIpc) is 3.00. The van der Waals surface area contributed by atoms with Gasteiger partial charge in [0.1, 0.15) is 0 Å². The predicted molar refractivity (Wildman–Crippen MR) is 94.9 cm³/mol. The van der Waals surface area contributed by atoms with E-state index >= 15 is 0 Å². The van der Waals surface area contributed by atoms with Gasteiger partial charge in [0.05, 0.1) is 17.9 Å². The van der Waals surface area contributed by atoms with Crippen LogP contribution in [0.25, 0.3) is 11.2 Å². The third kappa shape index (κ3) is 2.86. The normalized spacial score (nSPS) is 11.1. The Labute approximate surface area is 140 Å². The molecule has 118 valence electrons. The van der Waals surface area contributed by atoms with Gasteiger partial charge in [-0.3, -0.25) is 0 Å². The topological polar surface area (TPSA) is 51.0 Å². The molecule has 0 saturated heterocycles. The fourth-order valence-corrected chi connectivity index (χ4v) is 2.82. The Hall–Kier alpha value is -3.14. The number of fused-ring (bicyclic) bond motifs is 1. The quantitative estimate of drug-likeness (QED) is 0.591. The first kappa shape index (κ1) is 14.5. The highest BCUT2D eigenvalue weighted by Gasteiger charge is 2.14. The van der Waals surface area contributed by atoms with Crippen molar-refractivity contribution in [3.05, 3.63) is 89.9 Å². The summed E-state index contributed by atoms with van der Waals surface area (Å²) in [5.74, 6) is 0.623. The van der Waals surface area contributed by atoms with E-state index in [1.807, 2.05) is 49.4 Å². The molecule has 4 aromatic rings. The number of nitrogens with one attached hydrogen (secondary N) is 1. The molecule has 0 aliphatic heterocycles. The minimum Gasteiger partial charge on any atom is -0.439 e. The molecule has 2 heterocycles. The van der Waals surface area contributed by atoms with Gasteiger partial charge in [0.15, 0.2) is 17.1 Å². The summed E-state index contributed by atoms with van der Waals surface area (Å²) in [4.78, 5) is 8.62. The number of hydrogen-bond acceptors (Lipinski definition) is 4. The number of aryl methyl sites for hydroxylation is 1. The third-order valence-electron chi connectivity index (χ3n) is 3.93. The van der Waals surface area contributed by atoms with Crippen LogP contribution in [0.1, 0.15) is 23.1 Å². The van der Waals surface area contributed by atoms with E-state index in [0.29, 0.717) is 17.1 Å². The summed E-state index contributed by atoms with van der Waals surface area (Å²) < 4.78 is 5.59. The highest BCUT2D eigenvalue weighted by Crippen LogP contribution is 2.27. The van der Waals surface area contributed by atoms with Gasteiger partial charge in [0.25, 0.3) is 0 Å². The Bertz CT molecular complexity index is 909. The lowest BCUT2D eigenvalue weighted by molar-refractivity contribution is 0.561. The maximum absolute atomic E-state index is 5.59. The summed E-state index contributed by atoms with van der Waals surface area (Å²) >= 11 is 0. The van der Waals surface area contributed by atoms with Gasteiger partial charge in [-0.1, -0.05) is 60.7 Å². The van der Waals surface area contributed by atoms with Crippen molar-refractivity contribution < 1.29 is 4.42 Å². The van der Waals surface area contributed by atoms with Gasteiger partial charge < -0.3 is 9.73 Å². The Morgan fingerprint density at radius 1 is 0.917 bits per heavy atom. The van der Waals surface area contributed by atoms with Crippen LogP contribution in [0.15, 0.2) is 77.3 Å². The third-order valence-corrected chi connectivity index (χ3v) is 3.93. The molecule has 1 N–H and O–H groups in total. The van der Waals surface area contributed by atoms with Crippen LogP contribution in [0, 0.1) is 6.92 Å². The summed E-state index contributed by atoms with van der Waals surface area (Å²) in [6.07, 6.45) is 1.79. The SMILES string of the molecule is Cc1nc2ncc(NC(c3ccccc3)c3ccccc3)cc2o1. The standard InChI is InChI=1S/C20H17N3O/c1-14-22-20-18(24-14)12-17(13-21-20)23-19(15-8-4-2-5-9-15)16-10-6-3-7-11-16/h2-13,19,23H,1H3. The maximum atomic E-state index is 5.59. The van der Waals surface area contributed by atoms with E-state index in [1.54, 1.807) is 6.20 Å². The molecule has 0 aliphatic carbocycles. The predicted octanol–water partition coefficient (Wildman–Crippen LogP) is 4.73. The molecule has 24 heavy (non-hydrogen) atoms. The zero-order valence-corrected chi connectivity index (χ0v) is 13.3. The van der Waals surface area contributed by atoms with Crippen LogP contribution in [0.3, 0.4) is 0 Å². The van der Waals surface area contributed by atoms with E-state index in [1.165, 1.54) is 11.1 Å². The molecule has 4 nitrogen and oxygen atoms in total. The molecular weight excluding hydrogens is 298 g/mol. The molecule has 0 spiro atoms. The van der Waals surface area contributed by atoms with Crippen LogP contribution in [0.5, 0.6) is 0 Å². The number of benzene rings is 2. The maximum Gasteiger partial charge on any atom is 0.198 e. The number of nitrogens with zero attached hydrogens (tertiary/aromatic N) is 2. The van der Waals surface area contributed by atoms with Crippen molar-refractivity contribution in [2.24, 2.45) is 0 Å². The van der Waals surface area contributed by atoms with Crippen molar-refractivity contribution in [3.63, 3.8) is 0 Å². The average molecular weight is 315 g/mol. The zero-order valence-electron chi connectivity index (χ0n) is 13.3. The van der Waals surface area contributed by atoms with Crippen molar-refractivity contribution in [2.75, 3.05) is 5.32 Å². The number of anilines is 1. The summed E-state index contributed by atoms with van der Waals surface area (Å²) in [7, 11) is 0. The van der Waals surface area contributed by atoms with Crippen molar-refractivity contribution in [1.82, 2.24) is 9.97 Å². The summed E-state index contributed by atoms with van der Waals surface area (Å²) in [6.45, 7) is 1.82. The van der Waals surface area contributed by atoms with Crippen LogP contribution >= 0.6 is 0 Å². The van der Waals surface area contributed by atoms with Gasteiger partial charge in [-0.15, -0.1) is 0 Å². The van der Waals surface area contributed by atoms with Gasteiger partial charge >= 0.3 is 0 Å². The van der Waals surface area contributed by atoms with Crippen LogP contribution in [-0.2, 0) is 0 Å². The molecule has 0 radical (unpaired) electrons. The van der Waals surface area contributed by atoms with Crippen molar-refractivity contribution >= 4 is 16.9 Å². The van der Waals surface area contributed by atoms with Crippen LogP contribution in [0.4, 0.5) is 5.69 Å². The Kier molecular flexibility index (Phi) is 3.71. The van der Waals surface area contributed by atoms with E-state index in [0.717, 1.165) is 5.69 Å². The molecule has 4 heteroatoms. The van der Waals surface area contributed by atoms with E-state index in [9.17, 15) is 0 Å². The second kappa shape index (κ2) is 6.16. The summed E-state index contributed by atoms with van der Waals surface area (Å²) in [5, 5.41) is 3.56. The van der Waals surface area contributed by atoms with Crippen LogP contribution < -0.4 is 5.32 Å². The first-order chi connectivity index (χ1) is 11.8. The number of pyridine rings is 1. The molecular formula is C20H17N3O. The van der Waals surface area contributed by atoms with Crippen LogP contribution in [0.2, 0.25) is 0 Å². The van der Waals surface area contributed by atoms with Crippen molar-refractivity contribution in [1.29, 1.82) is 0 Å². The number of oxazole rings is 1. The fraction of sp³-hybridized carbons (Fsp3) is 0.100. The van der Waals surface area contributed by atoms with E-state index in [2.05, 4.69) is 39.6 Å². The smallest absolute Gasteiger partial charge is 0.198 e. The van der Waals surface area contributed by atoms with Gasteiger partial charge in [0.2, 0.25) is 0 Å². The molecule has 0 fully saturated rings. The largest absolute Gasteiger partial charge is 0.439 e. The number of hydrogen-bond donors (Lipinski definition) is 1. The lowest BCUT2D eigenvalue weighted by Crippen LogP contribution is -2.12. The van der Waals surface area contributed by atoms with E-state index in [-0.39, 0.29) is 6.04 Å². The molecule has 0 amide bonds. The van der Waals surface area contributed by atoms with E-state index < -0.39 is 0 Å². The summed E-state index contributed by atoms with van der Waals surface area (Å²) in [5.41, 5.74) is 4.61. The molecule has 0 saturated carbocycles. The van der Waals surface area contributed by atoms with Gasteiger partial charge in [-0.05, 0) is 11.1 Å². The second-order valence-corrected chi connectivity index (χ2v) is 5.68. The second-order valence-electron chi connectivity index (χ2n) is 5.68. The molecule has 2 aromatic carbocycles. The molecule has 0 aliphatic rings. The van der Waals surface area contributed by atoms with E-state index in [4.69, 9.17) is 4.42 Å². The molecule has 0 bridgehead atoms. The minimum absolute atomic E-state index is 0.0377. The Balaban J connectivity index is 1.73. The molecule has 4 rings (SSSR count). The monoisotopic (exact) mass is 315 g/mol. The summed E-state index contributed by atoms with van der Waals surface area (Å²) in [6, 6.07) is 22.7. The number of rotatable bonds is 4. The minimum atomic E-state index is 0.0377. The van der Waals surface area contributed by atoms with Crippen molar-refractivity contribution in [2.45, 2.75) is 13.0 Å². The first-order valence-corrected chi connectivity index (χ1v) is 7.89. The van der Waals surface area contributed by atoms with Gasteiger partial charge in [-0.2, -0.15) is 4.98 Å². The number of aromatic nitrogens is 2. The van der Waals surface area contributed by atoms with Crippen molar-refractivity contribution in [3.8, 4) is 0 Å². The molecule has 0 unspecified atom stereocenters. The lowest BCUT2D eigenvalue weighted by Gasteiger charge is -2.20. The molecule has 2 aromatic heterocycles. The van der Waals surface area contributed by atoms with Gasteiger partial charge in [0, 0.05) is 13.0 Å². The highest BCUT2D eigenvalue weighted by atomic mass is 16.3. The molecule has 0 atom stereocenters. The Morgan fingerprint density at radius 3 is 2.17 bits per heavy atom. The van der Waals surface area contributed by atoms with Crippen LogP contribution in [-0.4, -0.2) is 9.97 Å². The fourth-order valence-electron chi connectivity index (χ4n) is 2.82. The highest BCUT2D eigenvalue weighted by molar-refractivity contribution is 5.72.